The molecule has 0 aliphatic heterocycles. The van der Waals surface area contributed by atoms with Crippen LogP contribution in [-0.4, -0.2) is 20.9 Å². The lowest BCUT2D eigenvalue weighted by Crippen LogP contribution is -2.14. The van der Waals surface area contributed by atoms with E-state index in [4.69, 9.17) is 11.6 Å². The van der Waals surface area contributed by atoms with Crippen molar-refractivity contribution in [3.05, 3.63) is 70.8 Å². The third-order valence-electron chi connectivity index (χ3n) is 3.16. The first kappa shape index (κ1) is 15.2. The molecule has 1 heterocycles. The van der Waals surface area contributed by atoms with Gasteiger partial charge in [-0.2, -0.15) is 9.90 Å². The number of hydrogen-bond acceptors (Lipinski definition) is 3. The first-order valence-corrected chi connectivity index (χ1v) is 7.18. The van der Waals surface area contributed by atoms with Crippen LogP contribution in [0.1, 0.15) is 16.2 Å². The van der Waals surface area contributed by atoms with Gasteiger partial charge < -0.3 is 5.32 Å². The minimum atomic E-state index is -0.473. The minimum absolute atomic E-state index is 0.117. The average molecular weight is 331 g/mol. The lowest BCUT2D eigenvalue weighted by atomic mass is 10.3. The maximum Gasteiger partial charge on any atom is 0.278 e. The summed E-state index contributed by atoms with van der Waals surface area (Å²) in [6.07, 6.45) is 0. The molecule has 0 radical (unpaired) electrons. The predicted molar refractivity (Wildman–Crippen MR) is 85.5 cm³/mol. The van der Waals surface area contributed by atoms with Crippen molar-refractivity contribution >= 4 is 23.2 Å². The number of aryl methyl sites for hydroxylation is 1. The van der Waals surface area contributed by atoms with E-state index in [1.807, 2.05) is 30.3 Å². The number of aromatic nitrogens is 3. The molecule has 3 rings (SSSR count). The van der Waals surface area contributed by atoms with E-state index < -0.39 is 11.7 Å². The summed E-state index contributed by atoms with van der Waals surface area (Å²) in [5, 5.41) is 11.2. The predicted octanol–water partition coefficient (Wildman–Crippen LogP) is 3.62. The zero-order valence-electron chi connectivity index (χ0n) is 12.1. The Balaban J connectivity index is 1.87. The topological polar surface area (TPSA) is 59.8 Å². The minimum Gasteiger partial charge on any atom is -0.319 e. The van der Waals surface area contributed by atoms with Crippen LogP contribution < -0.4 is 5.32 Å². The molecule has 23 heavy (non-hydrogen) atoms. The smallest absolute Gasteiger partial charge is 0.278 e. The second kappa shape index (κ2) is 6.18. The van der Waals surface area contributed by atoms with Crippen molar-refractivity contribution in [2.75, 3.05) is 5.32 Å². The molecule has 1 aromatic heterocycles. The highest BCUT2D eigenvalue weighted by atomic mass is 35.5. The molecular formula is C16H12ClFN4O. The first-order valence-electron chi connectivity index (χ1n) is 6.80. The highest BCUT2D eigenvalue weighted by Gasteiger charge is 2.17. The van der Waals surface area contributed by atoms with Crippen LogP contribution in [0.5, 0.6) is 0 Å². The number of nitrogens with one attached hydrogen (secondary N) is 1. The van der Waals surface area contributed by atoms with Crippen molar-refractivity contribution in [3.8, 4) is 5.69 Å². The molecule has 0 unspecified atom stereocenters. The van der Waals surface area contributed by atoms with Gasteiger partial charge in [0.2, 0.25) is 0 Å². The number of hydrogen-bond donors (Lipinski definition) is 1. The molecule has 0 spiro atoms. The Morgan fingerprint density at radius 3 is 2.61 bits per heavy atom. The van der Waals surface area contributed by atoms with E-state index in [1.165, 1.54) is 16.9 Å². The normalized spacial score (nSPS) is 10.6. The molecule has 0 fully saturated rings. The molecule has 0 aliphatic rings. The van der Waals surface area contributed by atoms with E-state index in [1.54, 1.807) is 6.92 Å². The van der Waals surface area contributed by atoms with E-state index in [0.717, 1.165) is 11.8 Å². The lowest BCUT2D eigenvalue weighted by molar-refractivity contribution is 0.102. The van der Waals surface area contributed by atoms with Crippen LogP contribution in [0.25, 0.3) is 5.69 Å². The second-order valence-electron chi connectivity index (χ2n) is 4.84. The van der Waals surface area contributed by atoms with E-state index in [0.29, 0.717) is 11.4 Å². The summed E-state index contributed by atoms with van der Waals surface area (Å²) in [5.74, 6) is -0.933. The summed E-state index contributed by atoms with van der Waals surface area (Å²) in [5.41, 5.74) is 1.71. The van der Waals surface area contributed by atoms with Crippen LogP contribution >= 0.6 is 11.6 Å². The molecule has 1 N–H and O–H groups in total. The molecule has 0 saturated carbocycles. The van der Waals surface area contributed by atoms with Gasteiger partial charge in [-0.3, -0.25) is 4.79 Å². The van der Waals surface area contributed by atoms with Crippen LogP contribution in [0.3, 0.4) is 0 Å². The first-order chi connectivity index (χ1) is 11.0. The Morgan fingerprint density at radius 2 is 1.91 bits per heavy atom. The van der Waals surface area contributed by atoms with Gasteiger partial charge in [0.05, 0.1) is 22.1 Å². The fourth-order valence-corrected chi connectivity index (χ4v) is 2.25. The van der Waals surface area contributed by atoms with Crippen molar-refractivity contribution < 1.29 is 9.18 Å². The number of carbonyl (C=O) groups excluding carboxylic acids is 1. The van der Waals surface area contributed by atoms with Gasteiger partial charge in [0.1, 0.15) is 5.82 Å². The summed E-state index contributed by atoms with van der Waals surface area (Å²) in [6.45, 7) is 1.69. The molecule has 3 aromatic rings. The van der Waals surface area contributed by atoms with Gasteiger partial charge in [0, 0.05) is 0 Å². The standard InChI is InChI=1S/C16H12ClFN4O/c1-10-15(21-22(20-10)12-5-3-2-4-6-12)16(23)19-14-8-7-11(18)9-13(14)17/h2-9H,1H3,(H,19,23). The van der Waals surface area contributed by atoms with E-state index in [9.17, 15) is 9.18 Å². The highest BCUT2D eigenvalue weighted by molar-refractivity contribution is 6.33. The third-order valence-corrected chi connectivity index (χ3v) is 3.48. The number of anilines is 1. The van der Waals surface area contributed by atoms with Gasteiger partial charge in [-0.05, 0) is 37.3 Å². The molecule has 0 atom stereocenters. The van der Waals surface area contributed by atoms with Gasteiger partial charge in [0.25, 0.3) is 5.91 Å². The largest absolute Gasteiger partial charge is 0.319 e. The summed E-state index contributed by atoms with van der Waals surface area (Å²) in [7, 11) is 0. The zero-order valence-corrected chi connectivity index (χ0v) is 12.9. The van der Waals surface area contributed by atoms with Crippen molar-refractivity contribution in [3.63, 3.8) is 0 Å². The maximum atomic E-state index is 13.0. The monoisotopic (exact) mass is 330 g/mol. The molecule has 2 aromatic carbocycles. The van der Waals surface area contributed by atoms with Crippen molar-refractivity contribution in [1.29, 1.82) is 0 Å². The second-order valence-corrected chi connectivity index (χ2v) is 5.24. The number of nitrogens with zero attached hydrogens (tertiary/aromatic N) is 3. The third kappa shape index (κ3) is 3.22. The summed E-state index contributed by atoms with van der Waals surface area (Å²) >= 11 is 5.91. The van der Waals surface area contributed by atoms with Crippen LogP contribution in [0.2, 0.25) is 5.02 Å². The average Bonchev–Trinajstić information content (AvgIpc) is 2.93. The fourth-order valence-electron chi connectivity index (χ4n) is 2.04. The van der Waals surface area contributed by atoms with Gasteiger partial charge in [-0.15, -0.1) is 5.10 Å². The molecule has 0 bridgehead atoms. The molecule has 0 saturated heterocycles. The summed E-state index contributed by atoms with van der Waals surface area (Å²) in [6, 6.07) is 13.0. The Labute approximate surface area is 136 Å². The maximum absolute atomic E-state index is 13.0. The highest BCUT2D eigenvalue weighted by Crippen LogP contribution is 2.23. The van der Waals surface area contributed by atoms with Gasteiger partial charge in [-0.25, -0.2) is 4.39 Å². The molecule has 0 aliphatic carbocycles. The Bertz CT molecular complexity index is 864. The van der Waals surface area contributed by atoms with Gasteiger partial charge in [0.15, 0.2) is 5.69 Å². The van der Waals surface area contributed by atoms with Crippen molar-refractivity contribution in [1.82, 2.24) is 15.0 Å². The van der Waals surface area contributed by atoms with E-state index in [2.05, 4.69) is 15.5 Å². The molecule has 116 valence electrons. The number of amides is 1. The van der Waals surface area contributed by atoms with E-state index >= 15 is 0 Å². The van der Waals surface area contributed by atoms with Crippen LogP contribution in [0.15, 0.2) is 48.5 Å². The fraction of sp³-hybridized carbons (Fsp3) is 0.0625. The van der Waals surface area contributed by atoms with Crippen LogP contribution in [0, 0.1) is 12.7 Å². The Hall–Kier alpha value is -2.73. The van der Waals surface area contributed by atoms with Crippen molar-refractivity contribution in [2.24, 2.45) is 0 Å². The molecule has 7 heteroatoms. The molecule has 5 nitrogen and oxygen atoms in total. The SMILES string of the molecule is Cc1nn(-c2ccccc2)nc1C(=O)Nc1ccc(F)cc1Cl. The number of rotatable bonds is 3. The van der Waals surface area contributed by atoms with Crippen molar-refractivity contribution in [2.45, 2.75) is 6.92 Å². The number of para-hydroxylation sites is 1. The number of benzene rings is 2. The van der Waals surface area contributed by atoms with E-state index in [-0.39, 0.29) is 10.7 Å². The van der Waals surface area contributed by atoms with Crippen LogP contribution in [0.4, 0.5) is 10.1 Å². The number of carbonyl (C=O) groups is 1. The number of halogens is 2. The van der Waals surface area contributed by atoms with Crippen LogP contribution in [-0.2, 0) is 0 Å². The molecular weight excluding hydrogens is 319 g/mol. The quantitative estimate of drug-likeness (QED) is 0.798. The summed E-state index contributed by atoms with van der Waals surface area (Å²) < 4.78 is 13.0. The summed E-state index contributed by atoms with van der Waals surface area (Å²) in [4.78, 5) is 13.7. The Morgan fingerprint density at radius 1 is 1.17 bits per heavy atom. The lowest BCUT2D eigenvalue weighted by Gasteiger charge is -2.05. The molecule has 1 amide bonds. The van der Waals surface area contributed by atoms with Gasteiger partial charge in [-0.1, -0.05) is 29.8 Å². The van der Waals surface area contributed by atoms with Gasteiger partial charge >= 0.3 is 0 Å². The Kier molecular flexibility index (Phi) is 4.08. The zero-order chi connectivity index (χ0) is 16.4.